The molecule has 2 fully saturated rings. The highest BCUT2D eigenvalue weighted by Crippen LogP contribution is 2.41. The third kappa shape index (κ3) is 4.57. The molecule has 23 heavy (non-hydrogen) atoms. The third-order valence-corrected chi connectivity index (χ3v) is 9.97. The van der Waals surface area contributed by atoms with Gasteiger partial charge in [0.2, 0.25) is 0 Å². The molecule has 1 saturated heterocycles. The van der Waals surface area contributed by atoms with Crippen molar-refractivity contribution >= 4 is 8.56 Å². The van der Waals surface area contributed by atoms with E-state index >= 15 is 0 Å². The predicted molar refractivity (Wildman–Crippen MR) is 96.9 cm³/mol. The number of ether oxygens (including phenoxy) is 1. The van der Waals surface area contributed by atoms with Crippen molar-refractivity contribution in [1.82, 2.24) is 5.32 Å². The summed E-state index contributed by atoms with van der Waals surface area (Å²) in [6.07, 6.45) is 10.2. The van der Waals surface area contributed by atoms with E-state index in [1.54, 1.807) is 0 Å². The van der Waals surface area contributed by atoms with Gasteiger partial charge in [-0.25, -0.2) is 0 Å². The molecule has 0 radical (unpaired) electrons. The molecule has 0 aromatic carbocycles. The lowest BCUT2D eigenvalue weighted by molar-refractivity contribution is -0.0411. The summed E-state index contributed by atoms with van der Waals surface area (Å²) in [5.74, 6) is 0. The van der Waals surface area contributed by atoms with E-state index in [1.165, 1.54) is 44.9 Å². The van der Waals surface area contributed by atoms with Gasteiger partial charge in [-0.05, 0) is 46.1 Å². The van der Waals surface area contributed by atoms with Crippen molar-refractivity contribution in [3.8, 4) is 0 Å². The van der Waals surface area contributed by atoms with Gasteiger partial charge in [0.05, 0.1) is 0 Å². The first-order valence-electron chi connectivity index (χ1n) is 9.87. The maximum absolute atomic E-state index is 6.43. The van der Waals surface area contributed by atoms with Crippen molar-refractivity contribution in [2.45, 2.75) is 89.4 Å². The zero-order valence-corrected chi connectivity index (χ0v) is 16.5. The monoisotopic (exact) mass is 343 g/mol. The van der Waals surface area contributed by atoms with Crippen LogP contribution in [-0.4, -0.2) is 46.2 Å². The van der Waals surface area contributed by atoms with Crippen molar-refractivity contribution in [3.63, 3.8) is 0 Å². The van der Waals surface area contributed by atoms with Gasteiger partial charge in [-0.2, -0.15) is 0 Å². The summed E-state index contributed by atoms with van der Waals surface area (Å²) < 4.78 is 19.2. The van der Waals surface area contributed by atoms with Crippen LogP contribution in [0.4, 0.5) is 0 Å². The molecule has 1 aliphatic heterocycles. The summed E-state index contributed by atoms with van der Waals surface area (Å²) in [7, 11) is -2.35. The number of hydrogen-bond acceptors (Lipinski definition) is 4. The van der Waals surface area contributed by atoms with Crippen LogP contribution in [0, 0.1) is 0 Å². The minimum absolute atomic E-state index is 0.219. The Hall–Kier alpha value is 0.0569. The van der Waals surface area contributed by atoms with Crippen molar-refractivity contribution < 1.29 is 13.6 Å². The fourth-order valence-corrected chi connectivity index (χ4v) is 8.75. The zero-order chi connectivity index (χ0) is 16.6. The molecule has 0 amide bonds. The number of rotatable bonds is 9. The summed E-state index contributed by atoms with van der Waals surface area (Å²) >= 11 is 0. The Kier molecular flexibility index (Phi) is 8.02. The Labute approximate surface area is 143 Å². The molecule has 0 bridgehead atoms. The molecule has 5 heteroatoms. The largest absolute Gasteiger partial charge is 0.393 e. The van der Waals surface area contributed by atoms with E-state index in [1.807, 2.05) is 0 Å². The molecule has 136 valence electrons. The summed E-state index contributed by atoms with van der Waals surface area (Å²) in [6.45, 7) is 9.38. The van der Waals surface area contributed by atoms with Crippen molar-refractivity contribution in [1.29, 1.82) is 0 Å². The molecule has 2 aliphatic rings. The Bertz CT molecular complexity index is 321. The van der Waals surface area contributed by atoms with Crippen LogP contribution in [0.25, 0.3) is 0 Å². The van der Waals surface area contributed by atoms with Crippen LogP contribution in [0.1, 0.15) is 72.1 Å². The Morgan fingerprint density at radius 2 is 1.61 bits per heavy atom. The van der Waals surface area contributed by atoms with Crippen LogP contribution >= 0.6 is 0 Å². The molecule has 0 spiro atoms. The van der Waals surface area contributed by atoms with Gasteiger partial charge in [-0.3, -0.25) is 0 Å². The van der Waals surface area contributed by atoms with Crippen molar-refractivity contribution in [2.75, 3.05) is 26.4 Å². The lowest BCUT2D eigenvalue weighted by Gasteiger charge is -2.50. The van der Waals surface area contributed by atoms with Crippen LogP contribution in [-0.2, 0) is 13.6 Å². The molecule has 1 N–H and O–H groups in total. The molecule has 1 heterocycles. The van der Waals surface area contributed by atoms with Gasteiger partial charge in [-0.1, -0.05) is 32.1 Å². The molecule has 1 saturated carbocycles. The maximum Gasteiger partial charge on any atom is 0.372 e. The van der Waals surface area contributed by atoms with Gasteiger partial charge in [0, 0.05) is 32.4 Å². The third-order valence-electron chi connectivity index (χ3n) is 5.49. The molecule has 4 nitrogen and oxygen atoms in total. The molecule has 0 aromatic rings. The van der Waals surface area contributed by atoms with Crippen LogP contribution in [0.3, 0.4) is 0 Å². The first-order chi connectivity index (χ1) is 11.2. The normalized spacial score (nSPS) is 28.8. The van der Waals surface area contributed by atoms with Gasteiger partial charge in [0.1, 0.15) is 5.22 Å². The van der Waals surface area contributed by atoms with Crippen LogP contribution in [0.15, 0.2) is 0 Å². The van der Waals surface area contributed by atoms with Crippen molar-refractivity contribution in [2.24, 2.45) is 0 Å². The smallest absolute Gasteiger partial charge is 0.372 e. The van der Waals surface area contributed by atoms with Crippen LogP contribution < -0.4 is 5.32 Å². The second-order valence-corrected chi connectivity index (χ2v) is 10.5. The summed E-state index contributed by atoms with van der Waals surface area (Å²) in [5, 5.41) is 3.62. The standard InChI is InChI=1S/C18H37NO3Si/c1-4-20-18(16-19-17-12-8-7-9-13-17)14-10-11-15-23(18,21-5-2)22-6-3/h17,19H,4-16H2,1-3H3. The van der Waals surface area contributed by atoms with Crippen molar-refractivity contribution in [3.05, 3.63) is 0 Å². The Morgan fingerprint density at radius 3 is 2.22 bits per heavy atom. The minimum atomic E-state index is -2.35. The van der Waals surface area contributed by atoms with E-state index in [9.17, 15) is 0 Å². The SMILES string of the molecule is CCOC1(CNC2CCCCC2)CCCC[Si]1(OCC)OCC. The average molecular weight is 344 g/mol. The van der Waals surface area contributed by atoms with Gasteiger partial charge in [-0.15, -0.1) is 0 Å². The summed E-state index contributed by atoms with van der Waals surface area (Å²) in [5.41, 5.74) is 0. The first kappa shape index (κ1) is 19.4. The van der Waals surface area contributed by atoms with Gasteiger partial charge < -0.3 is 18.9 Å². The van der Waals surface area contributed by atoms with E-state index < -0.39 is 8.56 Å². The van der Waals surface area contributed by atoms with E-state index in [4.69, 9.17) is 13.6 Å². The molecule has 2 rings (SSSR count). The Morgan fingerprint density at radius 1 is 0.913 bits per heavy atom. The number of hydrogen-bond donors (Lipinski definition) is 1. The molecule has 1 aliphatic carbocycles. The summed E-state index contributed by atoms with van der Waals surface area (Å²) in [4.78, 5) is 0. The van der Waals surface area contributed by atoms with E-state index in [0.717, 1.165) is 38.8 Å². The highest BCUT2D eigenvalue weighted by Gasteiger charge is 2.60. The van der Waals surface area contributed by atoms with E-state index in [2.05, 4.69) is 26.1 Å². The molecular formula is C18H37NO3Si. The Balaban J connectivity index is 2.14. The van der Waals surface area contributed by atoms with E-state index in [-0.39, 0.29) is 5.22 Å². The average Bonchev–Trinajstić information content (AvgIpc) is 2.57. The quantitative estimate of drug-likeness (QED) is 0.644. The van der Waals surface area contributed by atoms with E-state index in [0.29, 0.717) is 6.04 Å². The number of nitrogens with one attached hydrogen (secondary N) is 1. The van der Waals surface area contributed by atoms with Crippen LogP contribution in [0.5, 0.6) is 0 Å². The lowest BCUT2D eigenvalue weighted by atomic mass is 9.95. The first-order valence-corrected chi connectivity index (χ1v) is 11.9. The lowest BCUT2D eigenvalue weighted by Crippen LogP contribution is -2.70. The minimum Gasteiger partial charge on any atom is -0.393 e. The fraction of sp³-hybridized carbons (Fsp3) is 1.00. The van der Waals surface area contributed by atoms with Gasteiger partial charge in [0.25, 0.3) is 0 Å². The van der Waals surface area contributed by atoms with Gasteiger partial charge in [0.15, 0.2) is 0 Å². The molecule has 0 aromatic heterocycles. The highest BCUT2D eigenvalue weighted by atomic mass is 28.4. The maximum atomic E-state index is 6.43. The molecular weight excluding hydrogens is 306 g/mol. The van der Waals surface area contributed by atoms with Crippen LogP contribution in [0.2, 0.25) is 6.04 Å². The topological polar surface area (TPSA) is 39.7 Å². The molecule has 1 unspecified atom stereocenters. The highest BCUT2D eigenvalue weighted by molar-refractivity contribution is 6.71. The molecule has 1 atom stereocenters. The van der Waals surface area contributed by atoms with Gasteiger partial charge >= 0.3 is 8.56 Å². The predicted octanol–water partition coefficient (Wildman–Crippen LogP) is 3.92. The zero-order valence-electron chi connectivity index (χ0n) is 15.5. The summed E-state index contributed by atoms with van der Waals surface area (Å²) in [6, 6.07) is 1.72. The fourth-order valence-electron chi connectivity index (χ4n) is 4.45. The second kappa shape index (κ2) is 9.52. The second-order valence-electron chi connectivity index (χ2n) is 6.97.